The predicted octanol–water partition coefficient (Wildman–Crippen LogP) is 1.30. The highest BCUT2D eigenvalue weighted by molar-refractivity contribution is 6.24. The lowest BCUT2D eigenvalue weighted by molar-refractivity contribution is -0.153. The minimum atomic E-state index is -2.69. The van der Waals surface area contributed by atoms with Crippen molar-refractivity contribution in [2.45, 2.75) is 30.9 Å². The van der Waals surface area contributed by atoms with E-state index in [1.807, 2.05) is 38.4 Å². The van der Waals surface area contributed by atoms with Crippen LogP contribution < -0.4 is 5.73 Å². The first-order valence-corrected chi connectivity index (χ1v) is 13.9. The van der Waals surface area contributed by atoms with E-state index in [-0.39, 0.29) is 41.9 Å². The molecule has 43 heavy (non-hydrogen) atoms. The molecule has 11 nitrogen and oxygen atoms in total. The number of hydrogen-bond donors (Lipinski definition) is 5. The quantitative estimate of drug-likeness (QED) is 0.295. The Kier molecular flexibility index (Phi) is 7.54. The largest absolute Gasteiger partial charge is 0.508 e. The molecule has 0 aliphatic heterocycles. The number of benzene rings is 2. The Morgan fingerprint density at radius 3 is 2.37 bits per heavy atom. The highest BCUT2D eigenvalue weighted by Crippen LogP contribution is 2.53. The molecule has 2 aromatic rings. The van der Waals surface area contributed by atoms with E-state index in [4.69, 9.17) is 5.73 Å². The molecule has 4 atom stereocenters. The van der Waals surface area contributed by atoms with Crippen LogP contribution in [0.2, 0.25) is 0 Å². The van der Waals surface area contributed by atoms with Gasteiger partial charge in [0.25, 0.3) is 5.91 Å². The fraction of sp³-hybridized carbons (Fsp3) is 0.375. The first-order chi connectivity index (χ1) is 20.2. The van der Waals surface area contributed by atoms with E-state index >= 15 is 0 Å². The average Bonchev–Trinajstić information content (AvgIpc) is 2.90. The number of ketones is 3. The van der Waals surface area contributed by atoms with Gasteiger partial charge in [-0.1, -0.05) is 30.3 Å². The van der Waals surface area contributed by atoms with E-state index in [9.17, 15) is 39.6 Å². The van der Waals surface area contributed by atoms with Crippen LogP contribution in [0.25, 0.3) is 16.9 Å². The van der Waals surface area contributed by atoms with Gasteiger partial charge in [0.1, 0.15) is 22.8 Å². The van der Waals surface area contributed by atoms with Crippen molar-refractivity contribution in [1.29, 1.82) is 0 Å². The van der Waals surface area contributed by atoms with E-state index in [2.05, 4.69) is 0 Å². The molecule has 1 unspecified atom stereocenters. The molecule has 1 amide bonds. The molecular formula is C32H35N3O8. The van der Waals surface area contributed by atoms with Gasteiger partial charge in [-0.3, -0.25) is 24.1 Å². The highest BCUT2D eigenvalue weighted by Gasteiger charge is 2.64. The van der Waals surface area contributed by atoms with Gasteiger partial charge in [0.2, 0.25) is 5.78 Å². The average molecular weight is 590 g/mol. The Labute approximate surface area is 248 Å². The van der Waals surface area contributed by atoms with Crippen molar-refractivity contribution in [3.63, 3.8) is 0 Å². The Morgan fingerprint density at radius 2 is 1.74 bits per heavy atom. The maximum absolute atomic E-state index is 14.0. The number of amides is 1. The van der Waals surface area contributed by atoms with Crippen molar-refractivity contribution in [3.8, 4) is 16.9 Å². The summed E-state index contributed by atoms with van der Waals surface area (Å²) < 4.78 is 0. The summed E-state index contributed by atoms with van der Waals surface area (Å²) >= 11 is 0. The van der Waals surface area contributed by atoms with Crippen LogP contribution in [0.4, 0.5) is 0 Å². The van der Waals surface area contributed by atoms with E-state index in [0.717, 1.165) is 11.1 Å². The monoisotopic (exact) mass is 589 g/mol. The molecule has 5 rings (SSSR count). The molecule has 1 saturated carbocycles. The number of aliphatic hydroxyl groups excluding tert-OH is 2. The van der Waals surface area contributed by atoms with E-state index in [1.165, 1.54) is 11.0 Å². The number of rotatable bonds is 7. The molecule has 226 valence electrons. The zero-order valence-electron chi connectivity index (χ0n) is 24.4. The van der Waals surface area contributed by atoms with Gasteiger partial charge in [0.15, 0.2) is 17.2 Å². The lowest BCUT2D eigenvalue weighted by Crippen LogP contribution is -2.65. The van der Waals surface area contributed by atoms with E-state index in [1.54, 1.807) is 25.1 Å². The number of hydrogen-bond acceptors (Lipinski definition) is 10. The fourth-order valence-electron chi connectivity index (χ4n) is 7.00. The van der Waals surface area contributed by atoms with Crippen molar-refractivity contribution < 1.29 is 39.6 Å². The molecule has 0 aromatic heterocycles. The zero-order valence-corrected chi connectivity index (χ0v) is 24.4. The maximum Gasteiger partial charge on any atom is 0.255 e. The lowest BCUT2D eigenvalue weighted by Gasteiger charge is -2.50. The molecule has 1 fully saturated rings. The van der Waals surface area contributed by atoms with Crippen LogP contribution in [0.3, 0.4) is 0 Å². The smallest absolute Gasteiger partial charge is 0.255 e. The highest BCUT2D eigenvalue weighted by atomic mass is 16.3. The summed E-state index contributed by atoms with van der Waals surface area (Å²) in [7, 11) is 6.75. The summed E-state index contributed by atoms with van der Waals surface area (Å²) in [6, 6.07) is 9.33. The number of primary amides is 1. The molecule has 0 spiro atoms. The van der Waals surface area contributed by atoms with Gasteiger partial charge in [-0.25, -0.2) is 0 Å². The van der Waals surface area contributed by atoms with E-state index < -0.39 is 58.0 Å². The predicted molar refractivity (Wildman–Crippen MR) is 157 cm³/mol. The number of likely N-dealkylation sites (N-methyl/N-ethyl adjacent to an activating group) is 2. The molecule has 3 aliphatic rings. The Balaban J connectivity index is 1.64. The van der Waals surface area contributed by atoms with Crippen molar-refractivity contribution in [1.82, 2.24) is 9.80 Å². The van der Waals surface area contributed by atoms with E-state index in [0.29, 0.717) is 17.7 Å². The van der Waals surface area contributed by atoms with Gasteiger partial charge in [0, 0.05) is 17.9 Å². The van der Waals surface area contributed by atoms with Gasteiger partial charge in [0.05, 0.1) is 18.2 Å². The second-order valence-corrected chi connectivity index (χ2v) is 12.1. The first-order valence-electron chi connectivity index (χ1n) is 13.9. The molecule has 0 heterocycles. The number of nitrogens with two attached hydrogens (primary N) is 1. The van der Waals surface area contributed by atoms with Gasteiger partial charge in [-0.2, -0.15) is 0 Å². The maximum atomic E-state index is 14.0. The Morgan fingerprint density at radius 1 is 1.05 bits per heavy atom. The SMILES string of the molecule is CN(C)CC(=O)Cc1cccc(-c2ccc(O)c3c2C[C@H]2C[C@H]4C(N(C)C)C(=O)C(C(N)=O)=C(O)[C@@]4(O)C(=O)C2=C3O)c1. The third-order valence-corrected chi connectivity index (χ3v) is 8.74. The summed E-state index contributed by atoms with van der Waals surface area (Å²) in [4.78, 5) is 55.2. The van der Waals surface area contributed by atoms with Crippen LogP contribution in [0.1, 0.15) is 23.1 Å². The van der Waals surface area contributed by atoms with Crippen molar-refractivity contribution in [3.05, 3.63) is 70.0 Å². The fourth-order valence-corrected chi connectivity index (χ4v) is 7.00. The third kappa shape index (κ3) is 4.73. The number of carbonyl (C=O) groups excluding carboxylic acids is 4. The van der Waals surface area contributed by atoms with Gasteiger partial charge in [-0.15, -0.1) is 0 Å². The number of phenolic OH excluding ortho intramolecular Hbond substituents is 1. The number of nitrogens with zero attached hydrogens (tertiary/aromatic N) is 2. The van der Waals surface area contributed by atoms with Crippen LogP contribution in [0.5, 0.6) is 5.75 Å². The molecule has 11 heteroatoms. The molecular weight excluding hydrogens is 554 g/mol. The zero-order chi connectivity index (χ0) is 31.5. The molecule has 0 saturated heterocycles. The Bertz CT molecular complexity index is 1640. The number of phenols is 1. The molecule has 0 radical (unpaired) electrons. The number of Topliss-reactive ketones (excluding diaryl/α,β-unsaturated/α-hetero) is 3. The number of aromatic hydroxyl groups is 1. The molecule has 3 aliphatic carbocycles. The van der Waals surface area contributed by atoms with Gasteiger partial charge >= 0.3 is 0 Å². The third-order valence-electron chi connectivity index (χ3n) is 8.74. The minimum absolute atomic E-state index is 0.0000644. The van der Waals surface area contributed by atoms with Gasteiger partial charge in [-0.05, 0) is 75.3 Å². The molecule has 6 N–H and O–H groups in total. The van der Waals surface area contributed by atoms with Crippen LogP contribution in [0, 0.1) is 11.8 Å². The second kappa shape index (κ2) is 10.7. The van der Waals surface area contributed by atoms with Crippen LogP contribution >= 0.6 is 0 Å². The molecule has 0 bridgehead atoms. The second-order valence-electron chi connectivity index (χ2n) is 12.1. The van der Waals surface area contributed by atoms with Crippen molar-refractivity contribution in [2.24, 2.45) is 17.6 Å². The van der Waals surface area contributed by atoms with Crippen LogP contribution in [-0.2, 0) is 32.0 Å². The summed E-state index contributed by atoms with van der Waals surface area (Å²) in [5.74, 6) is -6.90. The standard InChI is InChI=1S/C32H35N3O8/c1-34(2)14-18(36)11-15-6-5-7-16(10-15)19-8-9-22(37)24-20(19)12-17-13-21-26(35(3)4)28(39)25(31(33)42)30(41)32(21,43)29(40)23(17)27(24)38/h5-10,17,21,26,37-38,41,43H,11-14H2,1-4H3,(H2,33,42)/t17-,21-,26?,32-/m0/s1. The summed E-state index contributed by atoms with van der Waals surface area (Å²) in [5.41, 5.74) is 4.42. The van der Waals surface area contributed by atoms with Crippen LogP contribution in [-0.4, -0.2) is 99.9 Å². The van der Waals surface area contributed by atoms with Crippen molar-refractivity contribution in [2.75, 3.05) is 34.7 Å². The topological polar surface area (TPSA) is 182 Å². The lowest BCUT2D eigenvalue weighted by atomic mass is 9.57. The number of fused-ring (bicyclic) bond motifs is 3. The Hall–Kier alpha value is -4.32. The first kappa shape index (κ1) is 30.1. The normalized spacial score (nSPS) is 25.1. The van der Waals surface area contributed by atoms with Gasteiger partial charge < -0.3 is 31.1 Å². The number of aliphatic hydroxyl groups is 3. The van der Waals surface area contributed by atoms with Crippen molar-refractivity contribution >= 4 is 29.0 Å². The summed E-state index contributed by atoms with van der Waals surface area (Å²) in [6.45, 7) is 0.297. The molecule has 2 aromatic carbocycles. The van der Waals surface area contributed by atoms with Crippen LogP contribution in [0.15, 0.2) is 53.3 Å². The summed E-state index contributed by atoms with van der Waals surface area (Å²) in [5, 5.41) is 45.1. The minimum Gasteiger partial charge on any atom is -0.508 e. The number of carbonyl (C=O) groups is 4. The summed E-state index contributed by atoms with van der Waals surface area (Å²) in [6.07, 6.45) is 0.394.